The van der Waals surface area contributed by atoms with Crippen LogP contribution in [0.1, 0.15) is 58.3 Å². The monoisotopic (exact) mass is 442 g/mol. The van der Waals surface area contributed by atoms with E-state index in [4.69, 9.17) is 11.6 Å². The molecule has 0 unspecified atom stereocenters. The fourth-order valence-corrected chi connectivity index (χ4v) is 6.63. The zero-order valence-corrected chi connectivity index (χ0v) is 18.7. The van der Waals surface area contributed by atoms with Crippen LogP contribution in [0.3, 0.4) is 0 Å². The lowest BCUT2D eigenvalue weighted by molar-refractivity contribution is 0.0950. The molecule has 6 rings (SSSR count). The highest BCUT2D eigenvalue weighted by Gasteiger charge is 2.53. The van der Waals surface area contributed by atoms with Gasteiger partial charge >= 0.3 is 0 Å². The van der Waals surface area contributed by atoms with Crippen LogP contribution in [-0.2, 0) is 6.54 Å². The van der Waals surface area contributed by atoms with Crippen LogP contribution < -0.4 is 10.6 Å². The summed E-state index contributed by atoms with van der Waals surface area (Å²) >= 11 is 5.96. The molecule has 1 aliphatic heterocycles. The Bertz CT molecular complexity index is 1140. The van der Waals surface area contributed by atoms with Crippen LogP contribution in [0.5, 0.6) is 0 Å². The van der Waals surface area contributed by atoms with Gasteiger partial charge in [0.1, 0.15) is 0 Å². The Kier molecular flexibility index (Phi) is 4.95. The summed E-state index contributed by atoms with van der Waals surface area (Å²) in [4.78, 5) is 13.0. The fraction of sp³-hybridized carbons (Fsp3) is 0.321. The number of nitrogens with one attached hydrogen (secondary N) is 2. The SMILES string of the molecule is O=C(NCc1ccc(Cl)cc1)c1ccc2c(c1)[C@@H]1[C@H]3CC[C@@H](C3)[C@H]1[C@H](c1ccccc1)N2. The molecule has 0 saturated heterocycles. The Morgan fingerprint density at radius 1 is 0.969 bits per heavy atom. The number of carbonyl (C=O) groups is 1. The minimum Gasteiger partial charge on any atom is -0.378 e. The molecule has 0 spiro atoms. The van der Waals surface area contributed by atoms with Gasteiger partial charge in [-0.05, 0) is 90.0 Å². The van der Waals surface area contributed by atoms with Crippen molar-refractivity contribution in [3.05, 3.63) is 100 Å². The van der Waals surface area contributed by atoms with E-state index in [9.17, 15) is 4.79 Å². The van der Waals surface area contributed by atoms with Crippen molar-refractivity contribution >= 4 is 23.2 Å². The summed E-state index contributed by atoms with van der Waals surface area (Å²) in [7, 11) is 0. The molecule has 1 heterocycles. The minimum absolute atomic E-state index is 0.0207. The molecular formula is C28H27ClN2O. The smallest absolute Gasteiger partial charge is 0.251 e. The predicted octanol–water partition coefficient (Wildman–Crippen LogP) is 6.57. The molecule has 4 heteroatoms. The third-order valence-electron chi connectivity index (χ3n) is 7.87. The van der Waals surface area contributed by atoms with Crippen molar-refractivity contribution in [2.45, 2.75) is 37.8 Å². The molecule has 3 aliphatic rings. The first-order chi connectivity index (χ1) is 15.7. The van der Waals surface area contributed by atoms with E-state index in [0.29, 0.717) is 29.4 Å². The summed E-state index contributed by atoms with van der Waals surface area (Å²) in [5.74, 6) is 2.64. The number of hydrogen-bond donors (Lipinski definition) is 2. The van der Waals surface area contributed by atoms with Crippen LogP contribution >= 0.6 is 11.6 Å². The fourth-order valence-electron chi connectivity index (χ4n) is 6.50. The van der Waals surface area contributed by atoms with Crippen LogP contribution in [-0.4, -0.2) is 5.91 Å². The highest BCUT2D eigenvalue weighted by atomic mass is 35.5. The molecule has 0 aromatic heterocycles. The van der Waals surface area contributed by atoms with E-state index >= 15 is 0 Å². The highest BCUT2D eigenvalue weighted by Crippen LogP contribution is 2.63. The van der Waals surface area contributed by atoms with Gasteiger partial charge in [-0.1, -0.05) is 54.1 Å². The number of anilines is 1. The van der Waals surface area contributed by atoms with Crippen LogP contribution in [0.4, 0.5) is 5.69 Å². The lowest BCUT2D eigenvalue weighted by atomic mass is 9.68. The first-order valence-electron chi connectivity index (χ1n) is 11.7. The summed E-state index contributed by atoms with van der Waals surface area (Å²) in [6, 6.07) is 25.1. The second-order valence-electron chi connectivity index (χ2n) is 9.58. The number of halogens is 1. The maximum atomic E-state index is 13.0. The van der Waals surface area contributed by atoms with Crippen molar-refractivity contribution in [2.24, 2.45) is 17.8 Å². The van der Waals surface area contributed by atoms with E-state index in [2.05, 4.69) is 53.1 Å². The average molecular weight is 443 g/mol. The van der Waals surface area contributed by atoms with Gasteiger partial charge in [-0.3, -0.25) is 4.79 Å². The molecule has 5 atom stereocenters. The van der Waals surface area contributed by atoms with Crippen molar-refractivity contribution in [2.75, 3.05) is 5.32 Å². The zero-order valence-electron chi connectivity index (χ0n) is 17.9. The molecule has 32 heavy (non-hydrogen) atoms. The van der Waals surface area contributed by atoms with Crippen molar-refractivity contribution in [1.82, 2.24) is 5.32 Å². The Morgan fingerprint density at radius 3 is 2.56 bits per heavy atom. The molecule has 0 radical (unpaired) electrons. The van der Waals surface area contributed by atoms with Gasteiger partial charge in [0, 0.05) is 22.8 Å². The van der Waals surface area contributed by atoms with Gasteiger partial charge in [-0.2, -0.15) is 0 Å². The molecule has 2 N–H and O–H groups in total. The second kappa shape index (κ2) is 7.97. The van der Waals surface area contributed by atoms with E-state index in [1.807, 2.05) is 30.3 Å². The number of fused-ring (bicyclic) bond motifs is 7. The summed E-state index contributed by atoms with van der Waals surface area (Å²) in [5.41, 5.74) is 5.71. The van der Waals surface area contributed by atoms with Gasteiger partial charge in [0.15, 0.2) is 0 Å². The molecule has 2 fully saturated rings. The molecule has 2 bridgehead atoms. The zero-order chi connectivity index (χ0) is 21.7. The Hall–Kier alpha value is -2.78. The Morgan fingerprint density at radius 2 is 1.75 bits per heavy atom. The molecule has 3 nitrogen and oxygen atoms in total. The lowest BCUT2D eigenvalue weighted by Gasteiger charge is -2.43. The third kappa shape index (κ3) is 3.40. The van der Waals surface area contributed by atoms with Gasteiger partial charge in [0.05, 0.1) is 6.04 Å². The molecule has 162 valence electrons. The number of amides is 1. The summed E-state index contributed by atoms with van der Waals surface area (Å²) < 4.78 is 0. The van der Waals surface area contributed by atoms with Gasteiger partial charge < -0.3 is 10.6 Å². The molecule has 1 amide bonds. The Labute approximate surface area is 194 Å². The van der Waals surface area contributed by atoms with Gasteiger partial charge in [-0.25, -0.2) is 0 Å². The first kappa shape index (κ1) is 19.9. The van der Waals surface area contributed by atoms with Crippen LogP contribution in [0, 0.1) is 17.8 Å². The predicted molar refractivity (Wildman–Crippen MR) is 129 cm³/mol. The van der Waals surface area contributed by atoms with E-state index in [1.165, 1.54) is 36.1 Å². The van der Waals surface area contributed by atoms with E-state index < -0.39 is 0 Å². The molecule has 3 aromatic carbocycles. The average Bonchev–Trinajstić information content (AvgIpc) is 3.46. The molecular weight excluding hydrogens is 416 g/mol. The van der Waals surface area contributed by atoms with Crippen molar-refractivity contribution < 1.29 is 4.79 Å². The molecule has 3 aromatic rings. The largest absolute Gasteiger partial charge is 0.378 e. The maximum Gasteiger partial charge on any atom is 0.251 e. The van der Waals surface area contributed by atoms with Crippen LogP contribution in [0.2, 0.25) is 5.02 Å². The summed E-state index contributed by atoms with van der Waals surface area (Å²) in [5, 5.41) is 7.63. The van der Waals surface area contributed by atoms with Crippen molar-refractivity contribution in [1.29, 1.82) is 0 Å². The van der Waals surface area contributed by atoms with E-state index in [-0.39, 0.29) is 5.91 Å². The van der Waals surface area contributed by atoms with Crippen molar-refractivity contribution in [3.8, 4) is 0 Å². The molecule has 2 aliphatic carbocycles. The third-order valence-corrected chi connectivity index (χ3v) is 8.13. The normalized spacial score (nSPS) is 27.3. The number of hydrogen-bond acceptors (Lipinski definition) is 2. The number of rotatable bonds is 4. The lowest BCUT2D eigenvalue weighted by Crippen LogP contribution is -2.35. The summed E-state index contributed by atoms with van der Waals surface area (Å²) in [6.07, 6.45) is 3.99. The van der Waals surface area contributed by atoms with Crippen LogP contribution in [0.25, 0.3) is 0 Å². The quantitative estimate of drug-likeness (QED) is 0.480. The molecule has 2 saturated carbocycles. The summed E-state index contributed by atoms with van der Waals surface area (Å²) in [6.45, 7) is 0.498. The van der Waals surface area contributed by atoms with Crippen molar-refractivity contribution in [3.63, 3.8) is 0 Å². The second-order valence-corrected chi connectivity index (χ2v) is 10.0. The topological polar surface area (TPSA) is 41.1 Å². The Balaban J connectivity index is 1.28. The number of carbonyl (C=O) groups excluding carboxylic acids is 1. The first-order valence-corrected chi connectivity index (χ1v) is 12.0. The van der Waals surface area contributed by atoms with Gasteiger partial charge in [0.2, 0.25) is 0 Å². The number of benzene rings is 3. The maximum absolute atomic E-state index is 13.0. The highest BCUT2D eigenvalue weighted by molar-refractivity contribution is 6.30. The van der Waals surface area contributed by atoms with Gasteiger partial charge in [0.25, 0.3) is 5.91 Å². The van der Waals surface area contributed by atoms with Crippen LogP contribution in [0.15, 0.2) is 72.8 Å². The van der Waals surface area contributed by atoms with E-state index in [1.54, 1.807) is 0 Å². The minimum atomic E-state index is -0.0207. The van der Waals surface area contributed by atoms with E-state index in [0.717, 1.165) is 23.0 Å². The van der Waals surface area contributed by atoms with Gasteiger partial charge in [-0.15, -0.1) is 0 Å². The standard InChI is InChI=1S/C28H27ClN2O/c29-22-11-6-17(7-12-22)16-30-28(32)21-10-13-24-23(15-21)25-19-8-9-20(14-19)26(25)27(31-24)18-4-2-1-3-5-18/h1-7,10-13,15,19-20,25-27,31H,8-9,14,16H2,(H,30,32)/t19-,20-,25-,26+,27-/m0/s1.